The SMILES string of the molecule is CCCOCn1ccc2c(F)c(F)c(CC)cc21. The van der Waals surface area contributed by atoms with Crippen LogP contribution in [0.4, 0.5) is 8.78 Å². The summed E-state index contributed by atoms with van der Waals surface area (Å²) < 4.78 is 34.7. The van der Waals surface area contributed by atoms with Gasteiger partial charge in [0.15, 0.2) is 11.6 Å². The summed E-state index contributed by atoms with van der Waals surface area (Å²) in [4.78, 5) is 0. The molecule has 2 nitrogen and oxygen atoms in total. The number of halogens is 2. The zero-order valence-corrected chi connectivity index (χ0v) is 10.7. The molecule has 2 rings (SSSR count). The van der Waals surface area contributed by atoms with Crippen LogP contribution in [0.25, 0.3) is 10.9 Å². The van der Waals surface area contributed by atoms with Crippen LogP contribution in [0.1, 0.15) is 25.8 Å². The summed E-state index contributed by atoms with van der Waals surface area (Å²) in [6, 6.07) is 3.28. The molecule has 0 unspecified atom stereocenters. The largest absolute Gasteiger partial charge is 0.361 e. The molecule has 4 heteroatoms. The van der Waals surface area contributed by atoms with Crippen molar-refractivity contribution in [2.24, 2.45) is 0 Å². The Kier molecular flexibility index (Phi) is 3.97. The van der Waals surface area contributed by atoms with Crippen LogP contribution in [0.2, 0.25) is 0 Å². The van der Waals surface area contributed by atoms with Crippen LogP contribution in [0, 0.1) is 11.6 Å². The minimum atomic E-state index is -0.765. The number of rotatable bonds is 5. The summed E-state index contributed by atoms with van der Waals surface area (Å²) >= 11 is 0. The van der Waals surface area contributed by atoms with Gasteiger partial charge >= 0.3 is 0 Å². The molecule has 98 valence electrons. The molecule has 18 heavy (non-hydrogen) atoms. The molecule has 0 aliphatic carbocycles. The quantitative estimate of drug-likeness (QED) is 0.738. The average Bonchev–Trinajstić information content (AvgIpc) is 2.77. The van der Waals surface area contributed by atoms with Gasteiger partial charge in [-0.05, 0) is 30.5 Å². The zero-order valence-electron chi connectivity index (χ0n) is 10.7. The first-order chi connectivity index (χ1) is 8.69. The highest BCUT2D eigenvalue weighted by molar-refractivity contribution is 5.81. The molecule has 0 aliphatic rings. The summed E-state index contributed by atoms with van der Waals surface area (Å²) in [5.41, 5.74) is 1.08. The average molecular weight is 253 g/mol. The summed E-state index contributed by atoms with van der Waals surface area (Å²) in [7, 11) is 0. The monoisotopic (exact) mass is 253 g/mol. The first-order valence-electron chi connectivity index (χ1n) is 6.22. The third-order valence-electron chi connectivity index (χ3n) is 2.99. The van der Waals surface area contributed by atoms with E-state index in [0.717, 1.165) is 6.42 Å². The predicted molar refractivity (Wildman–Crippen MR) is 67.5 cm³/mol. The van der Waals surface area contributed by atoms with Gasteiger partial charge in [0.25, 0.3) is 0 Å². The fraction of sp³-hybridized carbons (Fsp3) is 0.429. The van der Waals surface area contributed by atoms with Gasteiger partial charge in [0.05, 0.1) is 5.52 Å². The van der Waals surface area contributed by atoms with Gasteiger partial charge in [-0.3, -0.25) is 0 Å². The Morgan fingerprint density at radius 3 is 2.67 bits per heavy atom. The number of benzene rings is 1. The molecular formula is C14H17F2NO. The summed E-state index contributed by atoms with van der Waals surface area (Å²) in [5.74, 6) is -1.50. The van der Waals surface area contributed by atoms with E-state index in [2.05, 4.69) is 0 Å². The molecule has 0 saturated carbocycles. The van der Waals surface area contributed by atoms with Gasteiger partial charge in [-0.15, -0.1) is 0 Å². The van der Waals surface area contributed by atoms with Crippen LogP contribution in [0.3, 0.4) is 0 Å². The second-order valence-electron chi connectivity index (χ2n) is 4.27. The fourth-order valence-electron chi connectivity index (χ4n) is 2.00. The van der Waals surface area contributed by atoms with E-state index in [1.54, 1.807) is 22.9 Å². The number of hydrogen-bond donors (Lipinski definition) is 0. The van der Waals surface area contributed by atoms with Gasteiger partial charge in [-0.1, -0.05) is 13.8 Å². The van der Waals surface area contributed by atoms with Crippen molar-refractivity contribution in [1.82, 2.24) is 4.57 Å². The standard InChI is InChI=1S/C14H17F2NO/c1-3-7-18-9-17-6-5-11-12(17)8-10(4-2)13(15)14(11)16/h5-6,8H,3-4,7,9H2,1-2H3. The maximum atomic E-state index is 13.8. The number of fused-ring (bicyclic) bond motifs is 1. The van der Waals surface area contributed by atoms with Crippen molar-refractivity contribution in [1.29, 1.82) is 0 Å². The van der Waals surface area contributed by atoms with Crippen molar-refractivity contribution in [3.05, 3.63) is 35.5 Å². The van der Waals surface area contributed by atoms with E-state index in [9.17, 15) is 8.78 Å². The van der Waals surface area contributed by atoms with Gasteiger partial charge in [0, 0.05) is 18.2 Å². The van der Waals surface area contributed by atoms with Crippen molar-refractivity contribution >= 4 is 10.9 Å². The third-order valence-corrected chi connectivity index (χ3v) is 2.99. The fourth-order valence-corrected chi connectivity index (χ4v) is 2.00. The van der Waals surface area contributed by atoms with Crippen molar-refractivity contribution in [3.63, 3.8) is 0 Å². The molecule has 0 saturated heterocycles. The number of hydrogen-bond acceptors (Lipinski definition) is 1. The van der Waals surface area contributed by atoms with E-state index in [4.69, 9.17) is 4.74 Å². The third kappa shape index (κ3) is 2.25. The highest BCUT2D eigenvalue weighted by Crippen LogP contribution is 2.25. The van der Waals surface area contributed by atoms with Crippen LogP contribution in [-0.2, 0) is 17.9 Å². The molecule has 1 heterocycles. The Hall–Kier alpha value is -1.42. The second-order valence-corrected chi connectivity index (χ2v) is 4.27. The Bertz CT molecular complexity index is 548. The Morgan fingerprint density at radius 1 is 1.22 bits per heavy atom. The number of aryl methyl sites for hydroxylation is 1. The topological polar surface area (TPSA) is 14.2 Å². The molecule has 0 spiro atoms. The van der Waals surface area contributed by atoms with Crippen molar-refractivity contribution in [2.75, 3.05) is 6.61 Å². The van der Waals surface area contributed by atoms with Crippen LogP contribution in [-0.4, -0.2) is 11.2 Å². The number of aromatic nitrogens is 1. The van der Waals surface area contributed by atoms with Crippen LogP contribution in [0.15, 0.2) is 18.3 Å². The number of ether oxygens (including phenoxy) is 1. The van der Waals surface area contributed by atoms with Gasteiger partial charge < -0.3 is 9.30 Å². The van der Waals surface area contributed by atoms with Crippen molar-refractivity contribution < 1.29 is 13.5 Å². The summed E-state index contributed by atoms with van der Waals surface area (Å²) in [6.45, 7) is 4.86. The van der Waals surface area contributed by atoms with Gasteiger partial charge in [0.1, 0.15) is 6.73 Å². The van der Waals surface area contributed by atoms with Crippen LogP contribution < -0.4 is 0 Å². The molecule has 0 fully saturated rings. The number of nitrogens with zero attached hydrogens (tertiary/aromatic N) is 1. The van der Waals surface area contributed by atoms with Crippen LogP contribution in [0.5, 0.6) is 0 Å². The van der Waals surface area contributed by atoms with Crippen molar-refractivity contribution in [2.45, 2.75) is 33.4 Å². The van der Waals surface area contributed by atoms with Gasteiger partial charge in [-0.2, -0.15) is 0 Å². The Balaban J connectivity index is 2.42. The smallest absolute Gasteiger partial charge is 0.168 e. The first kappa shape index (κ1) is 13.0. The Labute approximate surface area is 105 Å². The van der Waals surface area contributed by atoms with E-state index in [0.29, 0.717) is 36.2 Å². The lowest BCUT2D eigenvalue weighted by Crippen LogP contribution is -2.03. The molecule has 0 atom stereocenters. The lowest BCUT2D eigenvalue weighted by atomic mass is 10.1. The molecule has 0 radical (unpaired) electrons. The van der Waals surface area contributed by atoms with E-state index in [-0.39, 0.29) is 0 Å². The van der Waals surface area contributed by atoms with E-state index >= 15 is 0 Å². The summed E-state index contributed by atoms with van der Waals surface area (Å²) in [6.07, 6.45) is 3.13. The minimum Gasteiger partial charge on any atom is -0.361 e. The molecule has 0 amide bonds. The second kappa shape index (κ2) is 5.48. The molecule has 0 aliphatic heterocycles. The molecule has 0 bridgehead atoms. The summed E-state index contributed by atoms with van der Waals surface area (Å²) in [5, 5.41) is 0.310. The van der Waals surface area contributed by atoms with Crippen LogP contribution >= 0.6 is 0 Å². The first-order valence-corrected chi connectivity index (χ1v) is 6.22. The molecule has 2 aromatic rings. The van der Waals surface area contributed by atoms with Crippen molar-refractivity contribution in [3.8, 4) is 0 Å². The molecule has 0 N–H and O–H groups in total. The molecule has 1 aromatic carbocycles. The molecule has 1 aromatic heterocycles. The maximum Gasteiger partial charge on any atom is 0.168 e. The van der Waals surface area contributed by atoms with E-state index in [1.165, 1.54) is 0 Å². The highest BCUT2D eigenvalue weighted by Gasteiger charge is 2.14. The zero-order chi connectivity index (χ0) is 13.1. The van der Waals surface area contributed by atoms with E-state index < -0.39 is 11.6 Å². The van der Waals surface area contributed by atoms with Gasteiger partial charge in [-0.25, -0.2) is 8.78 Å². The maximum absolute atomic E-state index is 13.8. The normalized spacial score (nSPS) is 11.3. The lowest BCUT2D eigenvalue weighted by Gasteiger charge is -2.08. The van der Waals surface area contributed by atoms with E-state index in [1.807, 2.05) is 13.8 Å². The minimum absolute atomic E-state index is 0.310. The van der Waals surface area contributed by atoms with Gasteiger partial charge in [0.2, 0.25) is 0 Å². The highest BCUT2D eigenvalue weighted by atomic mass is 19.2. The predicted octanol–water partition coefficient (Wildman–Crippen LogP) is 3.87. The molecular weight excluding hydrogens is 236 g/mol. The Morgan fingerprint density at radius 2 is 2.00 bits per heavy atom. The lowest BCUT2D eigenvalue weighted by molar-refractivity contribution is 0.0804.